The van der Waals surface area contributed by atoms with Gasteiger partial charge in [0.15, 0.2) is 0 Å². The van der Waals surface area contributed by atoms with Gasteiger partial charge >= 0.3 is 6.18 Å². The predicted octanol–water partition coefficient (Wildman–Crippen LogP) is 2.96. The molecule has 0 radical (unpaired) electrons. The van der Waals surface area contributed by atoms with Crippen LogP contribution in [0.15, 0.2) is 45.7 Å². The first-order valence-electron chi connectivity index (χ1n) is 8.72. The number of aryl methyl sites for hydroxylation is 1. The van der Waals surface area contributed by atoms with E-state index in [4.69, 9.17) is 9.15 Å². The first-order valence-corrected chi connectivity index (χ1v) is 10.2. The number of halogens is 3. The van der Waals surface area contributed by atoms with E-state index in [1.165, 1.54) is 6.07 Å². The Morgan fingerprint density at radius 3 is 2.43 bits per heavy atom. The first kappa shape index (κ1) is 20.8. The number of hydrogen-bond acceptors (Lipinski definition) is 5. The van der Waals surface area contributed by atoms with Crippen LogP contribution in [-0.4, -0.2) is 46.2 Å². The Hall–Kier alpha value is -1.88. The van der Waals surface area contributed by atoms with Gasteiger partial charge in [0.2, 0.25) is 10.0 Å². The molecule has 1 aromatic heterocycles. The highest BCUT2D eigenvalue weighted by atomic mass is 32.2. The standard InChI is InChI=1S/C18H21F3N2O4S/c1-13-6-7-16(27-13)15(23-8-10-26-11-9-23)12-22-28(24,25)17-5-3-2-4-14(17)18(19,20)21/h2-7,15,22H,8-12H2,1H3. The first-order chi connectivity index (χ1) is 13.2. The van der Waals surface area contributed by atoms with Gasteiger partial charge in [-0.05, 0) is 31.2 Å². The minimum Gasteiger partial charge on any atom is -0.465 e. The van der Waals surface area contributed by atoms with E-state index >= 15 is 0 Å². The third-order valence-electron chi connectivity index (χ3n) is 4.52. The van der Waals surface area contributed by atoms with Crippen molar-refractivity contribution in [1.29, 1.82) is 0 Å². The Balaban J connectivity index is 1.85. The number of benzene rings is 1. The molecule has 10 heteroatoms. The maximum absolute atomic E-state index is 13.2. The lowest BCUT2D eigenvalue weighted by Gasteiger charge is -2.33. The second-order valence-electron chi connectivity index (χ2n) is 6.46. The minimum atomic E-state index is -4.77. The fourth-order valence-corrected chi connectivity index (χ4v) is 4.40. The zero-order valence-electron chi connectivity index (χ0n) is 15.2. The smallest absolute Gasteiger partial charge is 0.417 e. The third kappa shape index (κ3) is 4.75. The van der Waals surface area contributed by atoms with Gasteiger partial charge in [-0.25, -0.2) is 13.1 Å². The molecule has 1 saturated heterocycles. The van der Waals surface area contributed by atoms with E-state index in [2.05, 4.69) is 4.72 Å². The molecule has 0 saturated carbocycles. The maximum atomic E-state index is 13.2. The van der Waals surface area contributed by atoms with Crippen LogP contribution in [0.5, 0.6) is 0 Å². The van der Waals surface area contributed by atoms with E-state index in [0.29, 0.717) is 37.8 Å². The molecule has 2 aromatic rings. The zero-order chi connectivity index (χ0) is 20.4. The van der Waals surface area contributed by atoms with Crippen LogP contribution in [0.4, 0.5) is 13.2 Å². The Bertz CT molecular complexity index is 906. The Morgan fingerprint density at radius 1 is 1.14 bits per heavy atom. The van der Waals surface area contributed by atoms with E-state index < -0.39 is 32.7 Å². The van der Waals surface area contributed by atoms with Gasteiger partial charge in [-0.1, -0.05) is 12.1 Å². The van der Waals surface area contributed by atoms with Crippen LogP contribution in [0.3, 0.4) is 0 Å². The molecule has 0 amide bonds. The van der Waals surface area contributed by atoms with Crippen molar-refractivity contribution in [3.63, 3.8) is 0 Å². The fraction of sp³-hybridized carbons (Fsp3) is 0.444. The minimum absolute atomic E-state index is 0.124. The Kier molecular flexibility index (Phi) is 6.13. The van der Waals surface area contributed by atoms with E-state index in [9.17, 15) is 21.6 Å². The number of nitrogens with one attached hydrogen (secondary N) is 1. The third-order valence-corrected chi connectivity index (χ3v) is 6.01. The largest absolute Gasteiger partial charge is 0.465 e. The lowest BCUT2D eigenvalue weighted by atomic mass is 10.2. The SMILES string of the molecule is Cc1ccc(C(CNS(=O)(=O)c2ccccc2C(F)(F)F)N2CCOCC2)o1. The molecule has 1 atom stereocenters. The summed E-state index contributed by atoms with van der Waals surface area (Å²) in [4.78, 5) is 1.19. The van der Waals surface area contributed by atoms with Gasteiger partial charge in [-0.15, -0.1) is 0 Å². The van der Waals surface area contributed by atoms with Crippen molar-refractivity contribution < 1.29 is 30.7 Å². The van der Waals surface area contributed by atoms with Gasteiger partial charge < -0.3 is 9.15 Å². The molecule has 2 heterocycles. The Morgan fingerprint density at radius 2 is 1.82 bits per heavy atom. The van der Waals surface area contributed by atoms with Crippen LogP contribution < -0.4 is 4.72 Å². The molecule has 1 N–H and O–H groups in total. The molecule has 1 aliphatic rings. The summed E-state index contributed by atoms with van der Waals surface area (Å²) in [6.07, 6.45) is -4.77. The molecule has 28 heavy (non-hydrogen) atoms. The molecule has 1 fully saturated rings. The lowest BCUT2D eigenvalue weighted by molar-refractivity contribution is -0.139. The quantitative estimate of drug-likeness (QED) is 0.781. The summed E-state index contributed by atoms with van der Waals surface area (Å²) < 4.78 is 78.2. The molecule has 3 rings (SSSR count). The number of furan rings is 1. The van der Waals surface area contributed by atoms with Gasteiger partial charge in [-0.3, -0.25) is 4.90 Å². The molecule has 6 nitrogen and oxygen atoms in total. The van der Waals surface area contributed by atoms with Crippen molar-refractivity contribution in [2.45, 2.75) is 24.0 Å². The molecule has 0 bridgehead atoms. The Labute approximate surface area is 161 Å². The summed E-state index contributed by atoms with van der Waals surface area (Å²) in [7, 11) is -4.38. The summed E-state index contributed by atoms with van der Waals surface area (Å²) in [6.45, 7) is 3.74. The average molecular weight is 418 g/mol. The number of hydrogen-bond donors (Lipinski definition) is 1. The van der Waals surface area contributed by atoms with E-state index in [1.807, 2.05) is 4.90 Å². The number of rotatable bonds is 6. The summed E-state index contributed by atoms with van der Waals surface area (Å²) in [6, 6.07) is 7.17. The number of nitrogens with zero attached hydrogens (tertiary/aromatic N) is 1. The second kappa shape index (κ2) is 8.24. The molecule has 1 unspecified atom stereocenters. The monoisotopic (exact) mass is 418 g/mol. The summed E-state index contributed by atoms with van der Waals surface area (Å²) >= 11 is 0. The predicted molar refractivity (Wildman–Crippen MR) is 95.2 cm³/mol. The van der Waals surface area contributed by atoms with Crippen LogP contribution in [0, 0.1) is 6.92 Å². The van der Waals surface area contributed by atoms with Crippen molar-refractivity contribution in [1.82, 2.24) is 9.62 Å². The van der Waals surface area contributed by atoms with Crippen LogP contribution in [0.1, 0.15) is 23.1 Å². The summed E-state index contributed by atoms with van der Waals surface area (Å²) in [5.74, 6) is 1.21. The highest BCUT2D eigenvalue weighted by Crippen LogP contribution is 2.34. The lowest BCUT2D eigenvalue weighted by Crippen LogP contribution is -2.43. The van der Waals surface area contributed by atoms with Gasteiger partial charge in [0.1, 0.15) is 11.5 Å². The van der Waals surface area contributed by atoms with Gasteiger partial charge in [-0.2, -0.15) is 13.2 Å². The van der Waals surface area contributed by atoms with E-state index in [0.717, 1.165) is 18.2 Å². The second-order valence-corrected chi connectivity index (χ2v) is 8.19. The molecule has 1 aliphatic heterocycles. The molecule has 1 aromatic carbocycles. The molecular formula is C18H21F3N2O4S. The average Bonchev–Trinajstić information content (AvgIpc) is 3.08. The van der Waals surface area contributed by atoms with Gasteiger partial charge in [0.25, 0.3) is 0 Å². The highest BCUT2D eigenvalue weighted by Gasteiger charge is 2.37. The van der Waals surface area contributed by atoms with Crippen LogP contribution >= 0.6 is 0 Å². The van der Waals surface area contributed by atoms with Crippen molar-refractivity contribution in [2.75, 3.05) is 32.8 Å². The van der Waals surface area contributed by atoms with Crippen LogP contribution in [-0.2, 0) is 20.9 Å². The summed E-state index contributed by atoms with van der Waals surface area (Å²) in [5, 5.41) is 0. The number of alkyl halides is 3. The topological polar surface area (TPSA) is 71.8 Å². The zero-order valence-corrected chi connectivity index (χ0v) is 16.0. The number of ether oxygens (including phenoxy) is 1. The van der Waals surface area contributed by atoms with Gasteiger partial charge in [0, 0.05) is 19.6 Å². The van der Waals surface area contributed by atoms with E-state index in [1.54, 1.807) is 19.1 Å². The molecular weight excluding hydrogens is 397 g/mol. The van der Waals surface area contributed by atoms with Crippen LogP contribution in [0.2, 0.25) is 0 Å². The number of morpholine rings is 1. The summed E-state index contributed by atoms with van der Waals surface area (Å²) in [5.41, 5.74) is -1.20. The normalized spacial score (nSPS) is 17.6. The van der Waals surface area contributed by atoms with Crippen molar-refractivity contribution in [2.24, 2.45) is 0 Å². The highest BCUT2D eigenvalue weighted by molar-refractivity contribution is 7.89. The molecule has 154 valence electrons. The molecule has 0 spiro atoms. The van der Waals surface area contributed by atoms with E-state index in [-0.39, 0.29) is 6.54 Å². The number of sulfonamides is 1. The maximum Gasteiger partial charge on any atom is 0.417 e. The molecule has 0 aliphatic carbocycles. The van der Waals surface area contributed by atoms with Crippen molar-refractivity contribution >= 4 is 10.0 Å². The van der Waals surface area contributed by atoms with Crippen molar-refractivity contribution in [3.8, 4) is 0 Å². The van der Waals surface area contributed by atoms with Gasteiger partial charge in [0.05, 0.1) is 29.7 Å². The van der Waals surface area contributed by atoms with Crippen molar-refractivity contribution in [3.05, 3.63) is 53.5 Å². The fourth-order valence-electron chi connectivity index (χ4n) is 3.13. The van der Waals surface area contributed by atoms with Crippen LogP contribution in [0.25, 0.3) is 0 Å².